The number of hydrogen-bond donors (Lipinski definition) is 2. The van der Waals surface area contributed by atoms with E-state index in [0.29, 0.717) is 22.6 Å². The number of amides is 1. The van der Waals surface area contributed by atoms with Gasteiger partial charge in [-0.3, -0.25) is 9.59 Å². The number of nitrogens with zero attached hydrogens (tertiary/aromatic N) is 1. The molecule has 0 saturated carbocycles. The van der Waals surface area contributed by atoms with Gasteiger partial charge in [-0.2, -0.15) is 0 Å². The zero-order valence-electron chi connectivity index (χ0n) is 15.5. The first kappa shape index (κ1) is 18.3. The Balaban J connectivity index is 1.70. The fraction of sp³-hybridized carbons (Fsp3) is 0.136. The molecule has 1 heterocycles. The van der Waals surface area contributed by atoms with Crippen molar-refractivity contribution in [3.8, 4) is 0 Å². The highest BCUT2D eigenvalue weighted by Gasteiger charge is 2.09. The Morgan fingerprint density at radius 2 is 1.74 bits per heavy atom. The van der Waals surface area contributed by atoms with E-state index in [-0.39, 0.29) is 11.7 Å². The number of pyridine rings is 1. The predicted molar refractivity (Wildman–Crippen MR) is 108 cm³/mol. The maximum absolute atomic E-state index is 12.4. The van der Waals surface area contributed by atoms with Crippen LogP contribution in [0.5, 0.6) is 0 Å². The van der Waals surface area contributed by atoms with E-state index in [1.54, 1.807) is 36.4 Å². The third kappa shape index (κ3) is 4.58. The van der Waals surface area contributed by atoms with Crippen LogP contribution in [-0.2, 0) is 0 Å². The van der Waals surface area contributed by atoms with Crippen molar-refractivity contribution in [1.82, 2.24) is 4.98 Å². The Morgan fingerprint density at radius 1 is 0.926 bits per heavy atom. The van der Waals surface area contributed by atoms with Gasteiger partial charge in [0, 0.05) is 23.1 Å². The average molecular weight is 359 g/mol. The summed E-state index contributed by atoms with van der Waals surface area (Å²) in [5.74, 6) is 0.341. The molecule has 0 atom stereocenters. The molecule has 5 nitrogen and oxygen atoms in total. The minimum atomic E-state index is -0.277. The first-order valence-corrected chi connectivity index (χ1v) is 8.65. The highest BCUT2D eigenvalue weighted by Crippen LogP contribution is 2.20. The zero-order valence-corrected chi connectivity index (χ0v) is 15.5. The van der Waals surface area contributed by atoms with E-state index < -0.39 is 0 Å². The maximum Gasteiger partial charge on any atom is 0.257 e. The SMILES string of the molecule is CC(=O)c1cccc(NC(=O)c2ccc(Nc3ccc(C)cc3C)nc2)c1. The third-order valence-corrected chi connectivity index (χ3v) is 4.20. The van der Waals surface area contributed by atoms with Crippen LogP contribution >= 0.6 is 0 Å². The topological polar surface area (TPSA) is 71.1 Å². The molecule has 1 amide bonds. The van der Waals surface area contributed by atoms with Gasteiger partial charge in [0.2, 0.25) is 0 Å². The van der Waals surface area contributed by atoms with Crippen LogP contribution in [0.3, 0.4) is 0 Å². The third-order valence-electron chi connectivity index (χ3n) is 4.20. The summed E-state index contributed by atoms with van der Waals surface area (Å²) in [6.07, 6.45) is 1.52. The van der Waals surface area contributed by atoms with Crippen LogP contribution in [0.2, 0.25) is 0 Å². The van der Waals surface area contributed by atoms with Crippen molar-refractivity contribution in [1.29, 1.82) is 0 Å². The molecule has 5 heteroatoms. The lowest BCUT2D eigenvalue weighted by molar-refractivity contribution is 0.101. The van der Waals surface area contributed by atoms with Gasteiger partial charge >= 0.3 is 0 Å². The number of aryl methyl sites for hydroxylation is 2. The molecule has 0 aliphatic rings. The molecular formula is C22H21N3O2. The van der Waals surface area contributed by atoms with Gasteiger partial charge in [0.1, 0.15) is 5.82 Å². The summed E-state index contributed by atoms with van der Waals surface area (Å²) < 4.78 is 0. The number of ketones is 1. The molecule has 0 aliphatic carbocycles. The van der Waals surface area contributed by atoms with E-state index in [2.05, 4.69) is 28.6 Å². The number of rotatable bonds is 5. The van der Waals surface area contributed by atoms with Gasteiger partial charge in [-0.05, 0) is 56.7 Å². The fourth-order valence-electron chi connectivity index (χ4n) is 2.71. The normalized spacial score (nSPS) is 10.3. The number of Topliss-reactive ketones (excluding diaryl/α,β-unsaturated/α-hetero) is 1. The summed E-state index contributed by atoms with van der Waals surface area (Å²) in [7, 11) is 0. The van der Waals surface area contributed by atoms with Crippen LogP contribution in [-0.4, -0.2) is 16.7 Å². The standard InChI is InChI=1S/C22H21N3O2/c1-14-7-9-20(15(2)11-14)25-21-10-8-18(13-23-21)22(27)24-19-6-4-5-17(12-19)16(3)26/h4-13H,1-3H3,(H,23,25)(H,24,27). The first-order chi connectivity index (χ1) is 12.9. The van der Waals surface area contributed by atoms with Crippen molar-refractivity contribution in [2.24, 2.45) is 0 Å². The second kappa shape index (κ2) is 7.83. The summed E-state index contributed by atoms with van der Waals surface area (Å²) >= 11 is 0. The van der Waals surface area contributed by atoms with Gasteiger partial charge in [0.15, 0.2) is 5.78 Å². The molecule has 0 radical (unpaired) electrons. The molecule has 0 spiro atoms. The Labute approximate surface area is 158 Å². The largest absolute Gasteiger partial charge is 0.340 e. The number of hydrogen-bond acceptors (Lipinski definition) is 4. The second-order valence-corrected chi connectivity index (χ2v) is 6.47. The van der Waals surface area contributed by atoms with Crippen LogP contribution < -0.4 is 10.6 Å². The quantitative estimate of drug-likeness (QED) is 0.636. The lowest BCUT2D eigenvalue weighted by Gasteiger charge is -2.10. The highest BCUT2D eigenvalue weighted by molar-refractivity contribution is 6.05. The van der Waals surface area contributed by atoms with Gasteiger partial charge in [0.25, 0.3) is 5.91 Å². The first-order valence-electron chi connectivity index (χ1n) is 8.65. The van der Waals surface area contributed by atoms with Crippen molar-refractivity contribution < 1.29 is 9.59 Å². The summed E-state index contributed by atoms with van der Waals surface area (Å²) in [6.45, 7) is 5.58. The molecular weight excluding hydrogens is 338 g/mol. The van der Waals surface area contributed by atoms with Crippen LogP contribution in [0.25, 0.3) is 0 Å². The Kier molecular flexibility index (Phi) is 5.31. The van der Waals surface area contributed by atoms with E-state index >= 15 is 0 Å². The molecule has 1 aromatic heterocycles. The number of benzene rings is 2. The van der Waals surface area contributed by atoms with Crippen molar-refractivity contribution >= 4 is 28.9 Å². The second-order valence-electron chi connectivity index (χ2n) is 6.47. The summed E-state index contributed by atoms with van der Waals surface area (Å²) in [5, 5.41) is 6.04. The summed E-state index contributed by atoms with van der Waals surface area (Å²) in [6, 6.07) is 16.5. The van der Waals surface area contributed by atoms with Crippen LogP contribution in [0, 0.1) is 13.8 Å². The maximum atomic E-state index is 12.4. The molecule has 0 unspecified atom stereocenters. The molecule has 3 aromatic rings. The molecule has 2 N–H and O–H groups in total. The minimum absolute atomic E-state index is 0.0467. The average Bonchev–Trinajstić information content (AvgIpc) is 2.65. The van der Waals surface area contributed by atoms with E-state index in [0.717, 1.165) is 11.3 Å². The molecule has 0 fully saturated rings. The van der Waals surface area contributed by atoms with E-state index in [1.165, 1.54) is 18.7 Å². The van der Waals surface area contributed by atoms with E-state index in [9.17, 15) is 9.59 Å². The predicted octanol–water partition coefficient (Wildman–Crippen LogP) is 4.90. The molecule has 3 rings (SSSR count). The number of nitrogens with one attached hydrogen (secondary N) is 2. The van der Waals surface area contributed by atoms with Crippen LogP contribution in [0.1, 0.15) is 38.8 Å². The lowest BCUT2D eigenvalue weighted by atomic mass is 10.1. The smallest absolute Gasteiger partial charge is 0.257 e. The Morgan fingerprint density at radius 3 is 2.41 bits per heavy atom. The van der Waals surface area contributed by atoms with Crippen molar-refractivity contribution in [2.45, 2.75) is 20.8 Å². The van der Waals surface area contributed by atoms with Gasteiger partial charge in [-0.15, -0.1) is 0 Å². The molecule has 0 bridgehead atoms. The highest BCUT2D eigenvalue weighted by atomic mass is 16.1. The van der Waals surface area contributed by atoms with Crippen LogP contribution in [0.4, 0.5) is 17.2 Å². The monoisotopic (exact) mass is 359 g/mol. The fourth-order valence-corrected chi connectivity index (χ4v) is 2.71. The number of carbonyl (C=O) groups is 2. The van der Waals surface area contributed by atoms with Gasteiger partial charge in [0.05, 0.1) is 5.56 Å². The van der Waals surface area contributed by atoms with Gasteiger partial charge in [-0.25, -0.2) is 4.98 Å². The zero-order chi connectivity index (χ0) is 19.4. The van der Waals surface area contributed by atoms with Gasteiger partial charge in [-0.1, -0.05) is 29.8 Å². The minimum Gasteiger partial charge on any atom is -0.340 e. The van der Waals surface area contributed by atoms with Crippen molar-refractivity contribution in [3.05, 3.63) is 83.0 Å². The Bertz CT molecular complexity index is 995. The number of aromatic nitrogens is 1. The molecule has 0 saturated heterocycles. The van der Waals surface area contributed by atoms with Crippen molar-refractivity contribution in [2.75, 3.05) is 10.6 Å². The molecule has 27 heavy (non-hydrogen) atoms. The van der Waals surface area contributed by atoms with E-state index in [4.69, 9.17) is 0 Å². The molecule has 136 valence electrons. The van der Waals surface area contributed by atoms with Gasteiger partial charge < -0.3 is 10.6 Å². The van der Waals surface area contributed by atoms with E-state index in [1.807, 2.05) is 19.1 Å². The Hall–Kier alpha value is -3.47. The molecule has 0 aliphatic heterocycles. The summed E-state index contributed by atoms with van der Waals surface area (Å²) in [4.78, 5) is 28.2. The van der Waals surface area contributed by atoms with Crippen molar-refractivity contribution in [3.63, 3.8) is 0 Å². The number of anilines is 3. The summed E-state index contributed by atoms with van der Waals surface area (Å²) in [5.41, 5.74) is 4.88. The lowest BCUT2D eigenvalue weighted by Crippen LogP contribution is -2.12. The number of carbonyl (C=O) groups excluding carboxylic acids is 2. The van der Waals surface area contributed by atoms with Crippen LogP contribution in [0.15, 0.2) is 60.8 Å². The molecule has 2 aromatic carbocycles.